The van der Waals surface area contributed by atoms with Gasteiger partial charge < -0.3 is 10.2 Å². The van der Waals surface area contributed by atoms with Crippen molar-refractivity contribution in [1.82, 2.24) is 10.2 Å². The van der Waals surface area contributed by atoms with Crippen LogP contribution in [0.3, 0.4) is 0 Å². The summed E-state index contributed by atoms with van der Waals surface area (Å²) in [5.74, 6) is -1.31. The molecule has 0 fully saturated rings. The van der Waals surface area contributed by atoms with E-state index >= 15 is 0 Å². The molecular formula is C23H29FIN3O4S. The van der Waals surface area contributed by atoms with Crippen LogP contribution in [-0.2, 0) is 26.2 Å². The summed E-state index contributed by atoms with van der Waals surface area (Å²) in [6, 6.07) is 11.4. The number of carbonyl (C=O) groups excluding carboxylic acids is 2. The maximum absolute atomic E-state index is 13.4. The van der Waals surface area contributed by atoms with Crippen molar-refractivity contribution in [2.75, 3.05) is 17.1 Å². The first-order chi connectivity index (χ1) is 15.4. The van der Waals surface area contributed by atoms with Crippen molar-refractivity contribution in [3.05, 3.63) is 63.5 Å². The summed E-state index contributed by atoms with van der Waals surface area (Å²) in [6.07, 6.45) is 1.75. The van der Waals surface area contributed by atoms with Crippen LogP contribution >= 0.6 is 22.6 Å². The van der Waals surface area contributed by atoms with E-state index < -0.39 is 34.3 Å². The summed E-state index contributed by atoms with van der Waals surface area (Å²) in [4.78, 5) is 27.5. The number of nitrogens with one attached hydrogen (secondary N) is 1. The second-order valence-electron chi connectivity index (χ2n) is 7.89. The van der Waals surface area contributed by atoms with Gasteiger partial charge >= 0.3 is 0 Å². The van der Waals surface area contributed by atoms with E-state index in [1.165, 1.54) is 29.2 Å². The van der Waals surface area contributed by atoms with E-state index in [1.54, 1.807) is 31.2 Å². The molecule has 2 rings (SSSR count). The lowest BCUT2D eigenvalue weighted by molar-refractivity contribution is -0.139. The van der Waals surface area contributed by atoms with E-state index in [9.17, 15) is 22.4 Å². The van der Waals surface area contributed by atoms with Crippen LogP contribution in [0.5, 0.6) is 0 Å². The molecule has 0 saturated carbocycles. The highest BCUT2D eigenvalue weighted by molar-refractivity contribution is 14.1. The van der Waals surface area contributed by atoms with Gasteiger partial charge in [-0.05, 0) is 84.8 Å². The van der Waals surface area contributed by atoms with Crippen molar-refractivity contribution in [1.29, 1.82) is 0 Å². The zero-order valence-corrected chi connectivity index (χ0v) is 22.1. The van der Waals surface area contributed by atoms with Crippen molar-refractivity contribution < 1.29 is 22.4 Å². The summed E-state index contributed by atoms with van der Waals surface area (Å²) >= 11 is 2.11. The molecule has 0 aliphatic heterocycles. The highest BCUT2D eigenvalue weighted by atomic mass is 127. The number of anilines is 1. The molecule has 33 heavy (non-hydrogen) atoms. The van der Waals surface area contributed by atoms with Gasteiger partial charge in [0.15, 0.2) is 0 Å². The largest absolute Gasteiger partial charge is 0.352 e. The van der Waals surface area contributed by atoms with Crippen molar-refractivity contribution in [3.8, 4) is 0 Å². The molecule has 0 aliphatic carbocycles. The molecular weight excluding hydrogens is 560 g/mol. The third-order valence-corrected chi connectivity index (χ3v) is 7.09. The van der Waals surface area contributed by atoms with Gasteiger partial charge in [-0.3, -0.25) is 13.9 Å². The zero-order chi connectivity index (χ0) is 24.8. The molecule has 180 valence electrons. The van der Waals surface area contributed by atoms with Gasteiger partial charge in [-0.2, -0.15) is 0 Å². The van der Waals surface area contributed by atoms with E-state index in [-0.39, 0.29) is 18.5 Å². The lowest BCUT2D eigenvalue weighted by Crippen LogP contribution is -2.52. The van der Waals surface area contributed by atoms with Gasteiger partial charge in [0.2, 0.25) is 21.8 Å². The minimum absolute atomic E-state index is 0.0263. The summed E-state index contributed by atoms with van der Waals surface area (Å²) < 4.78 is 40.3. The van der Waals surface area contributed by atoms with Gasteiger partial charge in [0.1, 0.15) is 18.4 Å². The van der Waals surface area contributed by atoms with Gasteiger partial charge in [0, 0.05) is 16.2 Å². The number of rotatable bonds is 10. The molecule has 0 spiro atoms. The normalized spacial score (nSPS) is 13.2. The zero-order valence-electron chi connectivity index (χ0n) is 19.1. The van der Waals surface area contributed by atoms with Crippen LogP contribution in [0.2, 0.25) is 0 Å². The molecule has 0 radical (unpaired) electrons. The maximum atomic E-state index is 13.4. The summed E-state index contributed by atoms with van der Waals surface area (Å²) in [5, 5.41) is 2.86. The first kappa shape index (κ1) is 27.0. The molecule has 2 amide bonds. The highest BCUT2D eigenvalue weighted by Crippen LogP contribution is 2.20. The standard InChI is InChI=1S/C23H29FIN3O4S/c1-5-16(2)26-23(30)17(3)27(14-18-6-8-19(24)9-7-18)22(29)15-28(33(4,31)32)21-12-10-20(25)11-13-21/h6-13,16-17H,5,14-15H2,1-4H3,(H,26,30)/t16-,17+/m0/s1. The van der Waals surface area contributed by atoms with Crippen LogP contribution in [0, 0.1) is 9.39 Å². The first-order valence-electron chi connectivity index (χ1n) is 10.5. The second kappa shape index (κ2) is 11.8. The summed E-state index contributed by atoms with van der Waals surface area (Å²) in [5.41, 5.74) is 0.970. The van der Waals surface area contributed by atoms with Crippen LogP contribution in [0.4, 0.5) is 10.1 Å². The Morgan fingerprint density at radius 1 is 1.06 bits per heavy atom. The fourth-order valence-corrected chi connectivity index (χ4v) is 4.26. The van der Waals surface area contributed by atoms with Gasteiger partial charge in [0.25, 0.3) is 0 Å². The Morgan fingerprint density at radius 3 is 2.15 bits per heavy atom. The Kier molecular flexibility index (Phi) is 9.65. The fraction of sp³-hybridized carbons (Fsp3) is 0.391. The minimum atomic E-state index is -3.77. The third-order valence-electron chi connectivity index (χ3n) is 5.23. The average molecular weight is 589 g/mol. The summed E-state index contributed by atoms with van der Waals surface area (Å²) in [6.45, 7) is 4.94. The molecule has 2 aromatic carbocycles. The van der Waals surface area contributed by atoms with Crippen LogP contribution < -0.4 is 9.62 Å². The van der Waals surface area contributed by atoms with Crippen LogP contribution in [0.1, 0.15) is 32.8 Å². The number of sulfonamides is 1. The van der Waals surface area contributed by atoms with E-state index in [4.69, 9.17) is 0 Å². The maximum Gasteiger partial charge on any atom is 0.244 e. The molecule has 0 bridgehead atoms. The Hall–Kier alpha value is -2.21. The highest BCUT2D eigenvalue weighted by Gasteiger charge is 2.30. The van der Waals surface area contributed by atoms with E-state index in [2.05, 4.69) is 27.9 Å². The molecule has 0 heterocycles. The predicted molar refractivity (Wildman–Crippen MR) is 136 cm³/mol. The SMILES string of the molecule is CC[C@H](C)NC(=O)[C@@H](C)N(Cc1ccc(F)cc1)C(=O)CN(c1ccc(I)cc1)S(C)(=O)=O. The number of benzene rings is 2. The number of amides is 2. The number of hydrogen-bond donors (Lipinski definition) is 1. The molecule has 1 N–H and O–H groups in total. The lowest BCUT2D eigenvalue weighted by Gasteiger charge is -2.32. The van der Waals surface area contributed by atoms with Crippen LogP contribution in [-0.4, -0.2) is 50.0 Å². The molecule has 0 saturated heterocycles. The number of hydrogen-bond acceptors (Lipinski definition) is 4. The smallest absolute Gasteiger partial charge is 0.244 e. The predicted octanol–water partition coefficient (Wildman–Crippen LogP) is 3.53. The van der Waals surface area contributed by atoms with Crippen molar-refractivity contribution >= 4 is 50.1 Å². The van der Waals surface area contributed by atoms with Crippen molar-refractivity contribution in [3.63, 3.8) is 0 Å². The number of nitrogens with zero attached hydrogens (tertiary/aromatic N) is 2. The van der Waals surface area contributed by atoms with Crippen LogP contribution in [0.25, 0.3) is 0 Å². The topological polar surface area (TPSA) is 86.8 Å². The van der Waals surface area contributed by atoms with Gasteiger partial charge in [-0.15, -0.1) is 0 Å². The van der Waals surface area contributed by atoms with Gasteiger partial charge in [-0.1, -0.05) is 19.1 Å². The monoisotopic (exact) mass is 589 g/mol. The molecule has 0 unspecified atom stereocenters. The van der Waals surface area contributed by atoms with Crippen molar-refractivity contribution in [2.45, 2.75) is 45.8 Å². The Labute approximate surface area is 208 Å². The quantitative estimate of drug-likeness (QED) is 0.430. The Bertz CT molecular complexity index is 1060. The number of halogens is 2. The van der Waals surface area contributed by atoms with Gasteiger partial charge in [0.05, 0.1) is 11.9 Å². The second-order valence-corrected chi connectivity index (χ2v) is 11.0. The summed E-state index contributed by atoms with van der Waals surface area (Å²) in [7, 11) is -3.77. The van der Waals surface area contributed by atoms with Crippen LogP contribution in [0.15, 0.2) is 48.5 Å². The van der Waals surface area contributed by atoms with E-state index in [1.807, 2.05) is 13.8 Å². The van der Waals surface area contributed by atoms with E-state index in [0.717, 1.165) is 20.6 Å². The van der Waals surface area contributed by atoms with E-state index in [0.29, 0.717) is 11.3 Å². The fourth-order valence-electron chi connectivity index (χ4n) is 3.06. The Balaban J connectivity index is 2.36. The molecule has 0 aliphatic rings. The molecule has 10 heteroatoms. The molecule has 0 aromatic heterocycles. The third kappa shape index (κ3) is 7.95. The van der Waals surface area contributed by atoms with Gasteiger partial charge in [-0.25, -0.2) is 12.8 Å². The molecule has 2 aromatic rings. The first-order valence-corrected chi connectivity index (χ1v) is 13.4. The number of carbonyl (C=O) groups is 2. The minimum Gasteiger partial charge on any atom is -0.352 e. The lowest BCUT2D eigenvalue weighted by atomic mass is 10.1. The van der Waals surface area contributed by atoms with Crippen molar-refractivity contribution in [2.24, 2.45) is 0 Å². The average Bonchev–Trinajstić information content (AvgIpc) is 2.76. The Morgan fingerprint density at radius 2 is 1.64 bits per heavy atom. The molecule has 7 nitrogen and oxygen atoms in total. The molecule has 2 atom stereocenters.